The number of halogens is 7. The van der Waals surface area contributed by atoms with Gasteiger partial charge in [-0.2, -0.15) is 26.3 Å². The molecule has 10 heteroatoms. The molecule has 1 aliphatic carbocycles. The van der Waals surface area contributed by atoms with E-state index in [1.807, 2.05) is 0 Å². The summed E-state index contributed by atoms with van der Waals surface area (Å²) in [6.45, 7) is 1.41. The number of rotatable bonds is 5. The summed E-state index contributed by atoms with van der Waals surface area (Å²) in [5, 5.41) is 2.88. The molecule has 1 saturated carbocycles. The third kappa shape index (κ3) is 5.17. The highest BCUT2D eigenvalue weighted by molar-refractivity contribution is 5.78. The number of amides is 1. The average Bonchev–Trinajstić information content (AvgIpc) is 3.40. The Morgan fingerprint density at radius 3 is 2.09 bits per heavy atom. The van der Waals surface area contributed by atoms with Gasteiger partial charge in [-0.05, 0) is 74.1 Å². The zero-order chi connectivity index (χ0) is 25.6. The fourth-order valence-corrected chi connectivity index (χ4v) is 5.38. The molecule has 1 unspecified atom stereocenters. The van der Waals surface area contributed by atoms with Crippen molar-refractivity contribution in [2.24, 2.45) is 0 Å². The molecule has 2 aromatic rings. The predicted octanol–water partition coefficient (Wildman–Crippen LogP) is 6.93. The van der Waals surface area contributed by atoms with Crippen LogP contribution in [0.3, 0.4) is 0 Å². The van der Waals surface area contributed by atoms with Crippen molar-refractivity contribution < 1.29 is 40.3 Å². The van der Waals surface area contributed by atoms with Crippen molar-refractivity contribution in [1.82, 2.24) is 5.32 Å². The Bertz CT molecular complexity index is 1050. The fourth-order valence-electron chi connectivity index (χ4n) is 5.38. The first kappa shape index (κ1) is 25.5. The third-order valence-electron chi connectivity index (χ3n) is 6.98. The van der Waals surface area contributed by atoms with Crippen molar-refractivity contribution in [2.45, 2.75) is 75.0 Å². The highest BCUT2D eigenvalue weighted by atomic mass is 19.4. The average molecular weight is 503 g/mol. The zero-order valence-electron chi connectivity index (χ0n) is 18.8. The first-order valence-corrected chi connectivity index (χ1v) is 11.3. The van der Waals surface area contributed by atoms with Gasteiger partial charge in [-0.1, -0.05) is 12.1 Å². The molecule has 1 heterocycles. The van der Waals surface area contributed by atoms with Gasteiger partial charge in [-0.15, -0.1) is 0 Å². The van der Waals surface area contributed by atoms with Gasteiger partial charge in [-0.3, -0.25) is 4.79 Å². The van der Waals surface area contributed by atoms with Crippen molar-refractivity contribution >= 4 is 5.91 Å². The molecule has 2 aliphatic rings. The summed E-state index contributed by atoms with van der Waals surface area (Å²) in [5.74, 6) is -0.972. The van der Waals surface area contributed by atoms with Gasteiger partial charge in [0.25, 0.3) is 0 Å². The highest BCUT2D eigenvalue weighted by Gasteiger charge is 2.53. The van der Waals surface area contributed by atoms with Crippen LogP contribution in [0.4, 0.5) is 30.7 Å². The van der Waals surface area contributed by atoms with Crippen LogP contribution in [0, 0.1) is 5.82 Å². The van der Waals surface area contributed by atoms with Crippen molar-refractivity contribution in [3.63, 3.8) is 0 Å². The lowest BCUT2D eigenvalue weighted by molar-refractivity contribution is -0.144. The van der Waals surface area contributed by atoms with Crippen LogP contribution in [0.1, 0.15) is 73.3 Å². The number of ether oxygens (including phenoxy) is 1. The van der Waals surface area contributed by atoms with Gasteiger partial charge >= 0.3 is 12.4 Å². The Hall–Kier alpha value is -2.62. The van der Waals surface area contributed by atoms with Crippen LogP contribution in [0.5, 0.6) is 0 Å². The van der Waals surface area contributed by atoms with E-state index < -0.39 is 47.0 Å². The molecule has 4 rings (SSSR count). The molecule has 1 aliphatic heterocycles. The lowest BCUT2D eigenvalue weighted by atomic mass is 9.78. The third-order valence-corrected chi connectivity index (χ3v) is 6.98. The molecule has 3 nitrogen and oxygen atoms in total. The normalized spacial score (nSPS) is 26.1. The van der Waals surface area contributed by atoms with Crippen LogP contribution in [-0.2, 0) is 21.9 Å². The Morgan fingerprint density at radius 2 is 1.57 bits per heavy atom. The number of alkyl halides is 6. The first-order chi connectivity index (χ1) is 16.3. The molecule has 190 valence electrons. The number of hydrogen-bond acceptors (Lipinski definition) is 2. The maximum atomic E-state index is 13.5. The second kappa shape index (κ2) is 9.11. The monoisotopic (exact) mass is 503 g/mol. The molecule has 4 atom stereocenters. The number of carbonyl (C=O) groups excluding carboxylic acids is 1. The van der Waals surface area contributed by atoms with Gasteiger partial charge in [0.1, 0.15) is 5.82 Å². The van der Waals surface area contributed by atoms with Crippen molar-refractivity contribution in [1.29, 1.82) is 0 Å². The topological polar surface area (TPSA) is 38.3 Å². The van der Waals surface area contributed by atoms with Crippen LogP contribution in [-0.4, -0.2) is 17.6 Å². The maximum Gasteiger partial charge on any atom is 0.416 e. The summed E-state index contributed by atoms with van der Waals surface area (Å²) in [7, 11) is 0. The first-order valence-electron chi connectivity index (χ1n) is 11.3. The Balaban J connectivity index is 1.75. The minimum Gasteiger partial charge on any atom is -0.365 e. The molecular formula is C25H24F7NO2. The summed E-state index contributed by atoms with van der Waals surface area (Å²) < 4.78 is 100. The molecule has 0 bridgehead atoms. The molecule has 1 N–H and O–H groups in total. The van der Waals surface area contributed by atoms with Gasteiger partial charge in [0.05, 0.1) is 28.9 Å². The summed E-state index contributed by atoms with van der Waals surface area (Å²) >= 11 is 0. The predicted molar refractivity (Wildman–Crippen MR) is 113 cm³/mol. The standard InChI is InChI=1S/C25H24F7NO2/c1-14(16-11-17(24(27,28)29)13-18(12-16)25(30,31)32)35-23(21-8-9-22(34)33-21)10-2-3-20(23)15-4-6-19(26)7-5-15/h4-7,11-14,20-21H,2-3,8-10H2,1H3,(H,33,34)/t14-,20-,21?,23-/m1/s1. The van der Waals surface area contributed by atoms with Crippen molar-refractivity contribution in [2.75, 3.05) is 0 Å². The lowest BCUT2D eigenvalue weighted by Crippen LogP contribution is -2.52. The summed E-state index contributed by atoms with van der Waals surface area (Å²) in [6.07, 6.45) is -8.72. The maximum absolute atomic E-state index is 13.5. The molecule has 1 amide bonds. The van der Waals surface area contributed by atoms with E-state index >= 15 is 0 Å². The molecule has 0 spiro atoms. The van der Waals surface area contributed by atoms with E-state index in [9.17, 15) is 35.5 Å². The SMILES string of the molecule is C[C@@H](O[C@]1(C2CCC(=O)N2)CCC[C@@H]1c1ccc(F)cc1)c1cc(C(F)(F)F)cc(C(F)(F)F)c1. The summed E-state index contributed by atoms with van der Waals surface area (Å²) in [5.41, 5.74) is -3.43. The largest absolute Gasteiger partial charge is 0.416 e. The van der Waals surface area contributed by atoms with E-state index in [-0.39, 0.29) is 29.9 Å². The minimum absolute atomic E-state index is 0.0834. The van der Waals surface area contributed by atoms with E-state index in [0.29, 0.717) is 37.8 Å². The van der Waals surface area contributed by atoms with Gasteiger partial charge in [-0.25, -0.2) is 4.39 Å². The van der Waals surface area contributed by atoms with Crippen LogP contribution in [0.25, 0.3) is 0 Å². The molecule has 35 heavy (non-hydrogen) atoms. The molecular weight excluding hydrogens is 479 g/mol. The van der Waals surface area contributed by atoms with Crippen molar-refractivity contribution in [3.05, 3.63) is 70.5 Å². The Morgan fingerprint density at radius 1 is 0.971 bits per heavy atom. The van der Waals surface area contributed by atoms with Crippen LogP contribution >= 0.6 is 0 Å². The van der Waals surface area contributed by atoms with Gasteiger partial charge < -0.3 is 10.1 Å². The smallest absolute Gasteiger partial charge is 0.365 e. The van der Waals surface area contributed by atoms with E-state index in [1.165, 1.54) is 19.1 Å². The summed E-state index contributed by atoms with van der Waals surface area (Å²) in [4.78, 5) is 12.0. The van der Waals surface area contributed by atoms with E-state index in [2.05, 4.69) is 5.32 Å². The molecule has 0 aromatic heterocycles. The molecule has 2 aromatic carbocycles. The van der Waals surface area contributed by atoms with E-state index in [1.54, 1.807) is 12.1 Å². The zero-order valence-corrected chi connectivity index (χ0v) is 18.8. The van der Waals surface area contributed by atoms with Gasteiger partial charge in [0.2, 0.25) is 5.91 Å². The Labute approximate surface area is 197 Å². The van der Waals surface area contributed by atoms with Gasteiger partial charge in [0, 0.05) is 12.3 Å². The van der Waals surface area contributed by atoms with E-state index in [0.717, 1.165) is 5.56 Å². The minimum atomic E-state index is -4.98. The van der Waals surface area contributed by atoms with E-state index in [4.69, 9.17) is 4.74 Å². The second-order valence-electron chi connectivity index (χ2n) is 9.21. The molecule has 0 radical (unpaired) electrons. The fraction of sp³-hybridized carbons (Fsp3) is 0.480. The Kier molecular flexibility index (Phi) is 6.63. The van der Waals surface area contributed by atoms with Crippen LogP contribution < -0.4 is 5.32 Å². The summed E-state index contributed by atoms with van der Waals surface area (Å²) in [6, 6.07) is 6.71. The van der Waals surface area contributed by atoms with Crippen molar-refractivity contribution in [3.8, 4) is 0 Å². The quantitative estimate of drug-likeness (QED) is 0.450. The highest BCUT2D eigenvalue weighted by Crippen LogP contribution is 2.51. The van der Waals surface area contributed by atoms with Crippen LogP contribution in [0.15, 0.2) is 42.5 Å². The van der Waals surface area contributed by atoms with Crippen LogP contribution in [0.2, 0.25) is 0 Å². The second-order valence-corrected chi connectivity index (χ2v) is 9.21. The molecule has 2 fully saturated rings. The number of benzene rings is 2. The number of hydrogen-bond donors (Lipinski definition) is 1. The number of carbonyl (C=O) groups is 1. The molecule has 1 saturated heterocycles. The lowest BCUT2D eigenvalue weighted by Gasteiger charge is -2.43. The van der Waals surface area contributed by atoms with Gasteiger partial charge in [0.15, 0.2) is 0 Å². The number of nitrogens with one attached hydrogen (secondary N) is 1.